The summed E-state index contributed by atoms with van der Waals surface area (Å²) in [5.74, 6) is -0.205. The van der Waals surface area contributed by atoms with Gasteiger partial charge in [-0.1, -0.05) is 72.6 Å². The summed E-state index contributed by atoms with van der Waals surface area (Å²) in [6, 6.07) is 20.1. The molecule has 0 spiro atoms. The number of hydrogen-bond acceptors (Lipinski definition) is 5. The topological polar surface area (TPSA) is 90.9 Å². The quantitative estimate of drug-likeness (QED) is 0.299. The SMILES string of the molecule is CC(CNC(=O)c1ccccc1O)Cc1cccc(CC(=O)NCC2CN(Cc3ccc(Cl)c(Cl)c3)CCO2)c1. The van der Waals surface area contributed by atoms with Gasteiger partial charge in [-0.15, -0.1) is 0 Å². The molecule has 3 aromatic rings. The molecule has 3 N–H and O–H groups in total. The summed E-state index contributed by atoms with van der Waals surface area (Å²) < 4.78 is 5.88. The van der Waals surface area contributed by atoms with Crippen molar-refractivity contribution in [2.45, 2.75) is 32.4 Å². The van der Waals surface area contributed by atoms with Gasteiger partial charge in [0.25, 0.3) is 5.91 Å². The van der Waals surface area contributed by atoms with Crippen LogP contribution in [-0.2, 0) is 28.9 Å². The number of morpholine rings is 1. The van der Waals surface area contributed by atoms with Crippen molar-refractivity contribution in [2.24, 2.45) is 5.92 Å². The van der Waals surface area contributed by atoms with Gasteiger partial charge >= 0.3 is 0 Å². The van der Waals surface area contributed by atoms with Crippen LogP contribution in [0.5, 0.6) is 5.75 Å². The number of hydrogen-bond donors (Lipinski definition) is 3. The average Bonchev–Trinajstić information content (AvgIpc) is 2.93. The van der Waals surface area contributed by atoms with Gasteiger partial charge in [0.05, 0.1) is 34.7 Å². The minimum absolute atomic E-state index is 0.0331. The molecule has 2 atom stereocenters. The van der Waals surface area contributed by atoms with Crippen molar-refractivity contribution < 1.29 is 19.4 Å². The van der Waals surface area contributed by atoms with Gasteiger partial charge in [0, 0.05) is 32.7 Å². The Hall–Kier alpha value is -3.10. The van der Waals surface area contributed by atoms with Gasteiger partial charge in [-0.25, -0.2) is 0 Å². The average molecular weight is 585 g/mol. The lowest BCUT2D eigenvalue weighted by atomic mass is 9.98. The first kappa shape index (κ1) is 29.9. The van der Waals surface area contributed by atoms with Gasteiger partial charge in [0.15, 0.2) is 0 Å². The number of nitrogens with one attached hydrogen (secondary N) is 2. The van der Waals surface area contributed by atoms with Gasteiger partial charge in [-0.2, -0.15) is 0 Å². The van der Waals surface area contributed by atoms with E-state index in [1.807, 2.05) is 42.5 Å². The van der Waals surface area contributed by atoms with Crippen molar-refractivity contribution in [3.8, 4) is 5.75 Å². The summed E-state index contributed by atoms with van der Waals surface area (Å²) in [5, 5.41) is 16.9. The van der Waals surface area contributed by atoms with Gasteiger partial charge in [0.1, 0.15) is 5.75 Å². The van der Waals surface area contributed by atoms with Crippen LogP contribution >= 0.6 is 23.2 Å². The lowest BCUT2D eigenvalue weighted by molar-refractivity contribution is -0.121. The third kappa shape index (κ3) is 8.96. The molecule has 9 heteroatoms. The van der Waals surface area contributed by atoms with E-state index in [0.29, 0.717) is 36.3 Å². The van der Waals surface area contributed by atoms with Gasteiger partial charge in [0.2, 0.25) is 5.91 Å². The van der Waals surface area contributed by atoms with Crippen LogP contribution in [0.1, 0.15) is 34.0 Å². The molecule has 0 aliphatic carbocycles. The number of halogens is 2. The minimum atomic E-state index is -0.296. The third-order valence-electron chi connectivity index (χ3n) is 6.84. The molecule has 0 aromatic heterocycles. The monoisotopic (exact) mass is 583 g/mol. The number of carbonyl (C=O) groups excluding carboxylic acids is 2. The van der Waals surface area contributed by atoms with E-state index >= 15 is 0 Å². The van der Waals surface area contributed by atoms with Crippen LogP contribution in [-0.4, -0.2) is 60.7 Å². The Morgan fingerprint density at radius 3 is 2.60 bits per heavy atom. The molecule has 4 rings (SSSR count). The smallest absolute Gasteiger partial charge is 0.255 e. The zero-order chi connectivity index (χ0) is 28.5. The molecule has 0 radical (unpaired) electrons. The second-order valence-corrected chi connectivity index (χ2v) is 11.1. The Bertz CT molecular complexity index is 1320. The van der Waals surface area contributed by atoms with Crippen molar-refractivity contribution in [1.29, 1.82) is 0 Å². The zero-order valence-electron chi connectivity index (χ0n) is 22.5. The molecule has 1 heterocycles. The number of phenols is 1. The molecule has 212 valence electrons. The molecule has 1 aliphatic rings. The predicted octanol–water partition coefficient (Wildman–Crippen LogP) is 4.87. The third-order valence-corrected chi connectivity index (χ3v) is 7.58. The number of ether oxygens (including phenoxy) is 1. The van der Waals surface area contributed by atoms with E-state index in [1.165, 1.54) is 6.07 Å². The van der Waals surface area contributed by atoms with Crippen molar-refractivity contribution in [3.63, 3.8) is 0 Å². The number of para-hydroxylation sites is 1. The van der Waals surface area contributed by atoms with Gasteiger partial charge in [-0.3, -0.25) is 14.5 Å². The fraction of sp³-hybridized carbons (Fsp3) is 0.355. The summed E-state index contributed by atoms with van der Waals surface area (Å²) in [4.78, 5) is 27.3. The number of aromatic hydroxyl groups is 1. The van der Waals surface area contributed by atoms with Gasteiger partial charge < -0.3 is 20.5 Å². The molecule has 7 nitrogen and oxygen atoms in total. The second kappa shape index (κ2) is 14.5. The molecule has 0 saturated carbocycles. The van der Waals surface area contributed by atoms with Crippen LogP contribution in [0.2, 0.25) is 10.0 Å². The molecular formula is C31H35Cl2N3O4. The highest BCUT2D eigenvalue weighted by Gasteiger charge is 2.21. The molecule has 40 heavy (non-hydrogen) atoms. The summed E-state index contributed by atoms with van der Waals surface area (Å²) in [6.45, 7) is 5.86. The number of benzene rings is 3. The van der Waals surface area contributed by atoms with E-state index in [1.54, 1.807) is 18.2 Å². The maximum atomic E-state index is 12.7. The van der Waals surface area contributed by atoms with Crippen LogP contribution in [0.15, 0.2) is 66.7 Å². The van der Waals surface area contributed by atoms with Crippen LogP contribution in [0.4, 0.5) is 0 Å². The molecule has 1 aliphatic heterocycles. The summed E-state index contributed by atoms with van der Waals surface area (Å²) in [7, 11) is 0. The fourth-order valence-corrected chi connectivity index (χ4v) is 5.11. The van der Waals surface area contributed by atoms with Crippen LogP contribution in [0, 0.1) is 5.92 Å². The lowest BCUT2D eigenvalue weighted by Crippen LogP contribution is -2.47. The molecule has 2 amide bonds. The Labute approximate surface area is 245 Å². The predicted molar refractivity (Wildman–Crippen MR) is 158 cm³/mol. The summed E-state index contributed by atoms with van der Waals surface area (Å²) in [5.41, 5.74) is 3.39. The summed E-state index contributed by atoms with van der Waals surface area (Å²) >= 11 is 12.2. The highest BCUT2D eigenvalue weighted by Crippen LogP contribution is 2.23. The Morgan fingerprint density at radius 2 is 1.80 bits per heavy atom. The van der Waals surface area contributed by atoms with E-state index in [4.69, 9.17) is 27.9 Å². The van der Waals surface area contributed by atoms with E-state index in [0.717, 1.165) is 36.2 Å². The molecule has 2 unspecified atom stereocenters. The van der Waals surface area contributed by atoms with E-state index in [-0.39, 0.29) is 41.6 Å². The number of amides is 2. The van der Waals surface area contributed by atoms with E-state index in [9.17, 15) is 14.7 Å². The number of rotatable bonds is 11. The molecule has 1 saturated heterocycles. The Kier molecular flexibility index (Phi) is 10.8. The van der Waals surface area contributed by atoms with E-state index < -0.39 is 0 Å². The van der Waals surface area contributed by atoms with Crippen molar-refractivity contribution >= 4 is 35.0 Å². The summed E-state index contributed by atoms with van der Waals surface area (Å²) in [6.07, 6.45) is 0.952. The first-order valence-electron chi connectivity index (χ1n) is 13.5. The second-order valence-electron chi connectivity index (χ2n) is 10.3. The first-order valence-corrected chi connectivity index (χ1v) is 14.2. The van der Waals surface area contributed by atoms with Crippen molar-refractivity contribution in [2.75, 3.05) is 32.8 Å². The first-order chi connectivity index (χ1) is 19.3. The van der Waals surface area contributed by atoms with Crippen LogP contribution in [0.3, 0.4) is 0 Å². The molecular weight excluding hydrogens is 549 g/mol. The standard InChI is InChI=1S/C31H35Cl2N3O4/c1-21(17-35-31(39)26-7-2-3-8-29(26)37)13-22-5-4-6-23(14-22)16-30(38)34-18-25-20-36(11-12-40-25)19-24-9-10-27(32)28(33)15-24/h2-10,14-15,21,25,37H,11-13,16-20H2,1H3,(H,34,38)(H,35,39). The number of phenolic OH excluding ortho intramolecular Hbond substituents is 1. The maximum Gasteiger partial charge on any atom is 0.255 e. The largest absolute Gasteiger partial charge is 0.507 e. The minimum Gasteiger partial charge on any atom is -0.507 e. The Morgan fingerprint density at radius 1 is 1.00 bits per heavy atom. The van der Waals surface area contributed by atoms with Crippen molar-refractivity contribution in [3.05, 3.63) is 99.0 Å². The van der Waals surface area contributed by atoms with Crippen molar-refractivity contribution in [1.82, 2.24) is 15.5 Å². The highest BCUT2D eigenvalue weighted by molar-refractivity contribution is 6.42. The molecule has 1 fully saturated rings. The Balaban J connectivity index is 1.20. The van der Waals surface area contributed by atoms with E-state index in [2.05, 4.69) is 22.5 Å². The number of carbonyl (C=O) groups is 2. The highest BCUT2D eigenvalue weighted by atomic mass is 35.5. The van der Waals surface area contributed by atoms with Gasteiger partial charge in [-0.05, 0) is 53.3 Å². The zero-order valence-corrected chi connectivity index (χ0v) is 24.0. The molecule has 3 aromatic carbocycles. The lowest BCUT2D eigenvalue weighted by Gasteiger charge is -2.33. The number of nitrogens with zero attached hydrogens (tertiary/aromatic N) is 1. The maximum absolute atomic E-state index is 12.7. The van der Waals surface area contributed by atoms with Crippen LogP contribution < -0.4 is 10.6 Å². The fourth-order valence-electron chi connectivity index (χ4n) is 4.79. The molecule has 0 bridgehead atoms. The normalized spacial score (nSPS) is 16.3. The van der Waals surface area contributed by atoms with Crippen LogP contribution in [0.25, 0.3) is 0 Å².